The molecule has 1 aromatic heterocycles. The first kappa shape index (κ1) is 15.4. The van der Waals surface area contributed by atoms with Gasteiger partial charge in [0, 0.05) is 14.7 Å². The molecule has 3 rings (SSSR count). The van der Waals surface area contributed by atoms with E-state index >= 15 is 0 Å². The molecule has 0 fully saturated rings. The van der Waals surface area contributed by atoms with E-state index in [4.69, 9.17) is 0 Å². The van der Waals surface area contributed by atoms with Crippen LogP contribution in [-0.2, 0) is 0 Å². The van der Waals surface area contributed by atoms with Crippen LogP contribution in [-0.4, -0.2) is 10.1 Å². The molecule has 0 unspecified atom stereocenters. The first-order valence-electron chi connectivity index (χ1n) is 6.59. The molecule has 0 amide bonds. The fraction of sp³-hybridized carbons (Fsp3) is 0. The van der Waals surface area contributed by atoms with Gasteiger partial charge in [-0.1, -0.05) is 40.2 Å². The Kier molecular flexibility index (Phi) is 4.24. The monoisotopic (exact) mass is 384 g/mol. The molecule has 4 nitrogen and oxygen atoms in total. The van der Waals surface area contributed by atoms with Gasteiger partial charge in [0.15, 0.2) is 0 Å². The van der Waals surface area contributed by atoms with Gasteiger partial charge in [0.2, 0.25) is 0 Å². The molecule has 0 aliphatic heterocycles. The van der Waals surface area contributed by atoms with Crippen molar-refractivity contribution in [1.29, 1.82) is 5.26 Å². The number of hydrogen-bond acceptors (Lipinski definition) is 5. The van der Waals surface area contributed by atoms with Crippen LogP contribution in [0.3, 0.4) is 0 Å². The predicted molar refractivity (Wildman–Crippen MR) is 95.1 cm³/mol. The zero-order valence-corrected chi connectivity index (χ0v) is 14.1. The molecule has 0 aliphatic carbocycles. The van der Waals surface area contributed by atoms with Crippen LogP contribution in [0.5, 0.6) is 0 Å². The topological polar surface area (TPSA) is 74.0 Å². The highest BCUT2D eigenvalue weighted by atomic mass is 79.9. The lowest BCUT2D eigenvalue weighted by Crippen LogP contribution is -2.07. The Morgan fingerprint density at radius 1 is 1.17 bits per heavy atom. The summed E-state index contributed by atoms with van der Waals surface area (Å²) in [7, 11) is 0. The van der Waals surface area contributed by atoms with Crippen molar-refractivity contribution in [3.63, 3.8) is 0 Å². The molecule has 2 aromatic carbocycles. The van der Waals surface area contributed by atoms with Crippen molar-refractivity contribution in [3.8, 4) is 6.07 Å². The normalized spacial score (nSPS) is 11.8. The number of aliphatic hydroxyl groups is 1. The van der Waals surface area contributed by atoms with Gasteiger partial charge in [-0.2, -0.15) is 10.2 Å². The summed E-state index contributed by atoms with van der Waals surface area (Å²) in [5.41, 5.74) is 0.0604. The van der Waals surface area contributed by atoms with E-state index in [2.05, 4.69) is 20.9 Å². The Balaban J connectivity index is 2.22. The number of hydrogen-bond donors (Lipinski definition) is 1. The van der Waals surface area contributed by atoms with Crippen molar-refractivity contribution in [2.75, 3.05) is 0 Å². The molecule has 0 spiro atoms. The molecular formula is C17H9BrN2O2S. The van der Waals surface area contributed by atoms with Gasteiger partial charge in [-0.3, -0.25) is 4.79 Å². The number of nitriles is 1. The van der Waals surface area contributed by atoms with Gasteiger partial charge in [0.05, 0.1) is 5.39 Å². The van der Waals surface area contributed by atoms with Crippen LogP contribution in [0.2, 0.25) is 0 Å². The Bertz CT molecular complexity index is 1020. The third kappa shape index (κ3) is 3.02. The molecule has 0 aliphatic rings. The Morgan fingerprint density at radius 2 is 1.87 bits per heavy atom. The van der Waals surface area contributed by atoms with Gasteiger partial charge >= 0.3 is 0 Å². The molecule has 0 saturated carbocycles. The second-order valence-electron chi connectivity index (χ2n) is 4.66. The van der Waals surface area contributed by atoms with Gasteiger partial charge in [-0.25, -0.2) is 0 Å². The number of fused-ring (bicyclic) bond motifs is 1. The summed E-state index contributed by atoms with van der Waals surface area (Å²) in [5.74, 6) is -0.196. The van der Waals surface area contributed by atoms with Crippen LogP contribution < -0.4 is 5.56 Å². The standard InChI is InChI=1S/C17H9BrN2O2S/c18-11-7-5-10(6-8-11)15(21)13(9-19)17-20-16(22)12-3-1-2-4-14(12)23-17/h1-8,21H. The Hall–Kier alpha value is -2.49. The van der Waals surface area contributed by atoms with Crippen molar-refractivity contribution in [2.24, 2.45) is 0 Å². The molecule has 0 atom stereocenters. The summed E-state index contributed by atoms with van der Waals surface area (Å²) in [5, 5.41) is 20.5. The van der Waals surface area contributed by atoms with E-state index in [0.717, 1.165) is 9.17 Å². The minimum Gasteiger partial charge on any atom is -0.506 e. The zero-order chi connectivity index (χ0) is 16.4. The highest BCUT2D eigenvalue weighted by molar-refractivity contribution is 9.10. The first-order chi connectivity index (χ1) is 11.1. The largest absolute Gasteiger partial charge is 0.506 e. The van der Waals surface area contributed by atoms with E-state index < -0.39 is 5.56 Å². The maximum absolute atomic E-state index is 12.1. The van der Waals surface area contributed by atoms with Crippen LogP contribution >= 0.6 is 27.3 Å². The van der Waals surface area contributed by atoms with E-state index in [9.17, 15) is 15.2 Å². The second kappa shape index (κ2) is 6.32. The quantitative estimate of drug-likeness (QED) is 0.525. The van der Waals surface area contributed by atoms with Gasteiger partial charge in [0.25, 0.3) is 5.56 Å². The fourth-order valence-corrected chi connectivity index (χ4v) is 3.33. The maximum atomic E-state index is 12.1. The maximum Gasteiger partial charge on any atom is 0.279 e. The number of aromatic nitrogens is 1. The summed E-state index contributed by atoms with van der Waals surface area (Å²) in [4.78, 5) is 16.0. The zero-order valence-electron chi connectivity index (χ0n) is 11.7. The first-order valence-corrected chi connectivity index (χ1v) is 8.20. The number of aliphatic hydroxyl groups excluding tert-OH is 1. The molecule has 112 valence electrons. The van der Waals surface area contributed by atoms with Crippen LogP contribution in [0.1, 0.15) is 10.6 Å². The average Bonchev–Trinajstić information content (AvgIpc) is 2.56. The van der Waals surface area contributed by atoms with Crippen LogP contribution in [0.25, 0.3) is 21.4 Å². The summed E-state index contributed by atoms with van der Waals surface area (Å²) in [6.45, 7) is 0. The third-order valence-electron chi connectivity index (χ3n) is 3.21. The van der Waals surface area contributed by atoms with Crippen molar-refractivity contribution in [1.82, 2.24) is 4.98 Å². The van der Waals surface area contributed by atoms with Gasteiger partial charge in [0.1, 0.15) is 22.4 Å². The van der Waals surface area contributed by atoms with Crippen LogP contribution in [0.4, 0.5) is 0 Å². The lowest BCUT2D eigenvalue weighted by atomic mass is 10.1. The van der Waals surface area contributed by atoms with E-state index in [-0.39, 0.29) is 16.3 Å². The molecule has 23 heavy (non-hydrogen) atoms. The summed E-state index contributed by atoms with van der Waals surface area (Å²) >= 11 is 4.52. The van der Waals surface area contributed by atoms with Crippen LogP contribution in [0, 0.1) is 11.3 Å². The third-order valence-corrected chi connectivity index (χ3v) is 4.80. The van der Waals surface area contributed by atoms with E-state index in [1.165, 1.54) is 11.3 Å². The molecular weight excluding hydrogens is 376 g/mol. The Morgan fingerprint density at radius 3 is 2.57 bits per heavy atom. The van der Waals surface area contributed by atoms with Crippen molar-refractivity contribution in [3.05, 3.63) is 73.9 Å². The molecule has 1 N–H and O–H groups in total. The minimum absolute atomic E-state index is 0.0137. The Labute approximate surface area is 144 Å². The predicted octanol–water partition coefficient (Wildman–Crippen LogP) is 4.37. The number of allylic oxidation sites excluding steroid dienone is 1. The average molecular weight is 385 g/mol. The number of rotatable bonds is 2. The molecule has 0 radical (unpaired) electrons. The highest BCUT2D eigenvalue weighted by Gasteiger charge is 2.15. The van der Waals surface area contributed by atoms with Gasteiger partial charge in [-0.15, -0.1) is 11.3 Å². The summed E-state index contributed by atoms with van der Waals surface area (Å²) in [6, 6.07) is 15.9. The summed E-state index contributed by atoms with van der Waals surface area (Å²) < 4.78 is 1.58. The number of benzene rings is 2. The minimum atomic E-state index is -0.411. The highest BCUT2D eigenvalue weighted by Crippen LogP contribution is 2.28. The molecule has 3 aromatic rings. The fourth-order valence-electron chi connectivity index (χ4n) is 2.07. The molecule has 6 heteroatoms. The lowest BCUT2D eigenvalue weighted by Gasteiger charge is -2.05. The number of nitrogens with zero attached hydrogens (tertiary/aromatic N) is 2. The van der Waals surface area contributed by atoms with Gasteiger partial charge < -0.3 is 5.11 Å². The lowest BCUT2D eigenvalue weighted by molar-refractivity contribution is 0.514. The molecule has 0 bridgehead atoms. The van der Waals surface area contributed by atoms with Crippen LogP contribution in [0.15, 0.2) is 57.8 Å². The van der Waals surface area contributed by atoms with E-state index in [1.807, 2.05) is 12.1 Å². The summed E-state index contributed by atoms with van der Waals surface area (Å²) in [6.07, 6.45) is 0. The molecule has 1 heterocycles. The second-order valence-corrected chi connectivity index (χ2v) is 6.61. The van der Waals surface area contributed by atoms with Crippen molar-refractivity contribution >= 4 is 48.7 Å². The molecule has 0 saturated heterocycles. The van der Waals surface area contributed by atoms with Crippen molar-refractivity contribution < 1.29 is 5.11 Å². The van der Waals surface area contributed by atoms with Crippen molar-refractivity contribution in [2.45, 2.75) is 0 Å². The van der Waals surface area contributed by atoms with E-state index in [0.29, 0.717) is 10.9 Å². The smallest absolute Gasteiger partial charge is 0.279 e. The van der Waals surface area contributed by atoms with Gasteiger partial charge in [-0.05, 0) is 24.3 Å². The van der Waals surface area contributed by atoms with E-state index in [1.54, 1.807) is 42.5 Å². The SMILES string of the molecule is N#CC(=C(O)c1ccc(Br)cc1)c1nc(=O)c2ccccc2s1. The number of halogens is 1.